The lowest BCUT2D eigenvalue weighted by atomic mass is 10.0. The first-order valence-electron chi connectivity index (χ1n) is 7.73. The molecule has 2 aliphatic rings. The number of hydrogen-bond donors (Lipinski definition) is 2. The summed E-state index contributed by atoms with van der Waals surface area (Å²) in [6.45, 7) is 3.45. The lowest BCUT2D eigenvalue weighted by Gasteiger charge is -2.35. The molecule has 3 rings (SSSR count). The van der Waals surface area contributed by atoms with E-state index in [4.69, 9.17) is 0 Å². The van der Waals surface area contributed by atoms with Crippen LogP contribution in [0.5, 0.6) is 0 Å². The largest absolute Gasteiger partial charge is 0.382 e. The molecule has 0 bridgehead atoms. The van der Waals surface area contributed by atoms with E-state index in [-0.39, 0.29) is 5.91 Å². The Morgan fingerprint density at radius 1 is 1.19 bits per heavy atom. The van der Waals surface area contributed by atoms with Crippen LogP contribution in [0.3, 0.4) is 0 Å². The molecule has 21 heavy (non-hydrogen) atoms. The van der Waals surface area contributed by atoms with Crippen molar-refractivity contribution in [2.24, 2.45) is 0 Å². The van der Waals surface area contributed by atoms with Crippen molar-refractivity contribution in [3.63, 3.8) is 0 Å². The summed E-state index contributed by atoms with van der Waals surface area (Å²) < 4.78 is 0. The monoisotopic (exact) mass is 288 g/mol. The number of carbonyl (C=O) groups is 1. The molecule has 0 radical (unpaired) electrons. The molecule has 1 aromatic rings. The van der Waals surface area contributed by atoms with Gasteiger partial charge in [-0.25, -0.2) is 0 Å². The Balaban J connectivity index is 1.75. The summed E-state index contributed by atoms with van der Waals surface area (Å²) in [4.78, 5) is 17.0. The third-order valence-corrected chi connectivity index (χ3v) is 4.52. The molecule has 0 aromatic heterocycles. The average molecular weight is 288 g/mol. The number of piperidine rings is 1. The summed E-state index contributed by atoms with van der Waals surface area (Å²) in [6.07, 6.45) is 2.11. The maximum absolute atomic E-state index is 12.8. The zero-order valence-electron chi connectivity index (χ0n) is 12.9. The molecule has 114 valence electrons. The van der Waals surface area contributed by atoms with E-state index in [2.05, 4.69) is 29.6 Å². The van der Waals surface area contributed by atoms with E-state index in [0.29, 0.717) is 6.04 Å². The molecule has 5 nitrogen and oxygen atoms in total. The zero-order chi connectivity index (χ0) is 14.8. The molecule has 1 amide bonds. The SMILES string of the molecule is CN(C)C1CCN(C(=O)c2cccc3c2NCCN3)CC1. The number of likely N-dealkylation sites (tertiary alicyclic amines) is 1. The van der Waals surface area contributed by atoms with Crippen LogP contribution < -0.4 is 10.6 Å². The minimum atomic E-state index is 0.153. The maximum Gasteiger partial charge on any atom is 0.256 e. The Bertz CT molecular complexity index is 521. The van der Waals surface area contributed by atoms with Gasteiger partial charge in [0.25, 0.3) is 5.91 Å². The summed E-state index contributed by atoms with van der Waals surface area (Å²) in [5, 5.41) is 6.70. The number of para-hydroxylation sites is 1. The fourth-order valence-electron chi connectivity index (χ4n) is 3.21. The highest BCUT2D eigenvalue weighted by molar-refractivity contribution is 6.02. The highest BCUT2D eigenvalue weighted by atomic mass is 16.2. The summed E-state index contributed by atoms with van der Waals surface area (Å²) in [7, 11) is 4.23. The Morgan fingerprint density at radius 2 is 1.90 bits per heavy atom. The molecule has 0 aliphatic carbocycles. The van der Waals surface area contributed by atoms with Crippen molar-refractivity contribution >= 4 is 17.3 Å². The number of fused-ring (bicyclic) bond motifs is 1. The zero-order valence-corrected chi connectivity index (χ0v) is 12.9. The van der Waals surface area contributed by atoms with Gasteiger partial charge in [0.1, 0.15) is 0 Å². The quantitative estimate of drug-likeness (QED) is 0.869. The molecule has 0 atom stereocenters. The number of nitrogens with zero attached hydrogens (tertiary/aromatic N) is 2. The van der Waals surface area contributed by atoms with Crippen molar-refractivity contribution in [1.82, 2.24) is 9.80 Å². The maximum atomic E-state index is 12.8. The topological polar surface area (TPSA) is 47.6 Å². The fourth-order valence-corrected chi connectivity index (χ4v) is 3.21. The first-order chi connectivity index (χ1) is 10.2. The first kappa shape index (κ1) is 14.2. The number of hydrogen-bond acceptors (Lipinski definition) is 4. The lowest BCUT2D eigenvalue weighted by Crippen LogP contribution is -2.44. The second-order valence-corrected chi connectivity index (χ2v) is 6.07. The third-order valence-electron chi connectivity index (χ3n) is 4.52. The second-order valence-electron chi connectivity index (χ2n) is 6.07. The molecule has 2 N–H and O–H groups in total. The number of anilines is 2. The third kappa shape index (κ3) is 2.83. The molecule has 1 saturated heterocycles. The smallest absolute Gasteiger partial charge is 0.256 e. The van der Waals surface area contributed by atoms with E-state index < -0.39 is 0 Å². The van der Waals surface area contributed by atoms with Crippen molar-refractivity contribution in [1.29, 1.82) is 0 Å². The highest BCUT2D eigenvalue weighted by Crippen LogP contribution is 2.30. The highest BCUT2D eigenvalue weighted by Gasteiger charge is 2.27. The van der Waals surface area contributed by atoms with Gasteiger partial charge in [0.05, 0.1) is 16.9 Å². The van der Waals surface area contributed by atoms with Crippen LogP contribution in [0, 0.1) is 0 Å². The average Bonchev–Trinajstić information content (AvgIpc) is 2.53. The van der Waals surface area contributed by atoms with E-state index in [1.807, 2.05) is 23.1 Å². The molecule has 5 heteroatoms. The van der Waals surface area contributed by atoms with Gasteiger partial charge < -0.3 is 20.4 Å². The van der Waals surface area contributed by atoms with Gasteiger partial charge in [-0.05, 0) is 39.1 Å². The van der Waals surface area contributed by atoms with Gasteiger partial charge in [0.15, 0.2) is 0 Å². The Labute approximate surface area is 126 Å². The first-order valence-corrected chi connectivity index (χ1v) is 7.73. The lowest BCUT2D eigenvalue weighted by molar-refractivity contribution is 0.0664. The minimum Gasteiger partial charge on any atom is -0.382 e. The molecule has 0 saturated carbocycles. The van der Waals surface area contributed by atoms with Gasteiger partial charge in [-0.3, -0.25) is 4.79 Å². The van der Waals surface area contributed by atoms with E-state index >= 15 is 0 Å². The van der Waals surface area contributed by atoms with E-state index in [1.165, 1.54) is 0 Å². The number of amides is 1. The summed E-state index contributed by atoms with van der Waals surface area (Å²) in [6, 6.07) is 6.51. The van der Waals surface area contributed by atoms with Gasteiger partial charge in [-0.1, -0.05) is 6.07 Å². The molecule has 1 aromatic carbocycles. The van der Waals surface area contributed by atoms with Gasteiger partial charge in [-0.15, -0.1) is 0 Å². The van der Waals surface area contributed by atoms with Crippen LogP contribution in [-0.4, -0.2) is 62.0 Å². The molecular weight excluding hydrogens is 264 g/mol. The van der Waals surface area contributed by atoms with Crippen LogP contribution in [0.2, 0.25) is 0 Å². The van der Waals surface area contributed by atoms with Crippen LogP contribution in [0.25, 0.3) is 0 Å². The molecule has 2 aliphatic heterocycles. The van der Waals surface area contributed by atoms with Crippen LogP contribution in [0.4, 0.5) is 11.4 Å². The van der Waals surface area contributed by atoms with Crippen LogP contribution in [0.1, 0.15) is 23.2 Å². The van der Waals surface area contributed by atoms with E-state index in [9.17, 15) is 4.79 Å². The molecule has 0 unspecified atom stereocenters. The second kappa shape index (κ2) is 5.93. The predicted octanol–water partition coefficient (Wildman–Crippen LogP) is 1.69. The standard InChI is InChI=1S/C16H24N4O/c1-19(2)12-6-10-20(11-7-12)16(21)13-4-3-5-14-15(13)18-9-8-17-14/h3-5,12,17-18H,6-11H2,1-2H3. The molecular formula is C16H24N4O. The van der Waals surface area contributed by atoms with Crippen molar-refractivity contribution in [2.45, 2.75) is 18.9 Å². The normalized spacial score (nSPS) is 18.9. The number of carbonyl (C=O) groups excluding carboxylic acids is 1. The van der Waals surface area contributed by atoms with Gasteiger partial charge >= 0.3 is 0 Å². The molecule has 0 spiro atoms. The van der Waals surface area contributed by atoms with E-state index in [1.54, 1.807) is 0 Å². The fraction of sp³-hybridized carbons (Fsp3) is 0.562. The number of rotatable bonds is 2. The van der Waals surface area contributed by atoms with Gasteiger partial charge in [0, 0.05) is 32.2 Å². The molecule has 1 fully saturated rings. The Hall–Kier alpha value is -1.75. The predicted molar refractivity (Wildman–Crippen MR) is 86.0 cm³/mol. The summed E-state index contributed by atoms with van der Waals surface area (Å²) in [5.41, 5.74) is 2.79. The van der Waals surface area contributed by atoms with Crippen molar-refractivity contribution in [2.75, 3.05) is 50.9 Å². The van der Waals surface area contributed by atoms with Crippen molar-refractivity contribution < 1.29 is 4.79 Å². The van der Waals surface area contributed by atoms with E-state index in [0.717, 1.165) is 56.0 Å². The van der Waals surface area contributed by atoms with Crippen LogP contribution >= 0.6 is 0 Å². The van der Waals surface area contributed by atoms with Crippen LogP contribution in [-0.2, 0) is 0 Å². The Kier molecular flexibility index (Phi) is 4.01. The van der Waals surface area contributed by atoms with Crippen molar-refractivity contribution in [3.8, 4) is 0 Å². The number of benzene rings is 1. The minimum absolute atomic E-state index is 0.153. The molecule has 2 heterocycles. The van der Waals surface area contributed by atoms with Crippen LogP contribution in [0.15, 0.2) is 18.2 Å². The van der Waals surface area contributed by atoms with Crippen molar-refractivity contribution in [3.05, 3.63) is 23.8 Å². The summed E-state index contributed by atoms with van der Waals surface area (Å²) in [5.74, 6) is 0.153. The Morgan fingerprint density at radius 3 is 2.62 bits per heavy atom. The van der Waals surface area contributed by atoms with Gasteiger partial charge in [0.2, 0.25) is 0 Å². The summed E-state index contributed by atoms with van der Waals surface area (Å²) >= 11 is 0. The number of nitrogens with one attached hydrogen (secondary N) is 2. The van der Waals surface area contributed by atoms with Gasteiger partial charge in [-0.2, -0.15) is 0 Å².